The first-order valence-corrected chi connectivity index (χ1v) is 7.81. The van der Waals surface area contributed by atoms with Crippen molar-refractivity contribution in [1.82, 2.24) is 5.32 Å². The van der Waals surface area contributed by atoms with E-state index in [0.717, 1.165) is 18.3 Å². The molecule has 1 fully saturated rings. The third kappa shape index (κ3) is 4.35. The van der Waals surface area contributed by atoms with Crippen LogP contribution in [0.1, 0.15) is 51.7 Å². The molecule has 0 saturated heterocycles. The Morgan fingerprint density at radius 1 is 1.00 bits per heavy atom. The Kier molecular flexibility index (Phi) is 4.67. The smallest absolute Gasteiger partial charge is 0.00966 e. The Bertz CT molecular complexity index is 385. The number of nitrogens with one attached hydrogen (secondary N) is 1. The summed E-state index contributed by atoms with van der Waals surface area (Å²) in [7, 11) is 0. The average molecular weight is 259 g/mol. The molecule has 2 unspecified atom stereocenters. The summed E-state index contributed by atoms with van der Waals surface area (Å²) < 4.78 is 0. The minimum atomic E-state index is 0.253. The summed E-state index contributed by atoms with van der Waals surface area (Å²) in [6.07, 6.45) is 5.22. The van der Waals surface area contributed by atoms with Crippen LogP contribution in [0.3, 0.4) is 0 Å². The molecular formula is C18H29N. The quantitative estimate of drug-likeness (QED) is 0.835. The first-order chi connectivity index (χ1) is 8.98. The molecule has 0 spiro atoms. The molecule has 2 rings (SSSR count). The zero-order valence-corrected chi connectivity index (χ0v) is 13.0. The molecule has 1 aliphatic carbocycles. The van der Waals surface area contributed by atoms with E-state index >= 15 is 0 Å². The molecule has 19 heavy (non-hydrogen) atoms. The van der Waals surface area contributed by atoms with Gasteiger partial charge in [-0.1, -0.05) is 31.2 Å². The summed E-state index contributed by atoms with van der Waals surface area (Å²) >= 11 is 0. The summed E-state index contributed by atoms with van der Waals surface area (Å²) in [5.74, 6) is 1.77. The van der Waals surface area contributed by atoms with E-state index in [1.165, 1.54) is 36.9 Å². The molecule has 1 aromatic rings. The highest BCUT2D eigenvalue weighted by atomic mass is 14.9. The second kappa shape index (κ2) is 6.09. The van der Waals surface area contributed by atoms with Gasteiger partial charge >= 0.3 is 0 Å². The van der Waals surface area contributed by atoms with E-state index in [-0.39, 0.29) is 5.54 Å². The molecular weight excluding hydrogens is 230 g/mol. The zero-order chi connectivity index (χ0) is 13.9. The van der Waals surface area contributed by atoms with Gasteiger partial charge in [-0.2, -0.15) is 0 Å². The zero-order valence-electron chi connectivity index (χ0n) is 13.0. The van der Waals surface area contributed by atoms with Gasteiger partial charge in [-0.25, -0.2) is 0 Å². The van der Waals surface area contributed by atoms with Crippen molar-refractivity contribution in [3.05, 3.63) is 35.4 Å². The summed E-state index contributed by atoms with van der Waals surface area (Å²) in [4.78, 5) is 0. The maximum atomic E-state index is 3.66. The maximum Gasteiger partial charge on any atom is 0.00966 e. The molecule has 0 amide bonds. The van der Waals surface area contributed by atoms with Crippen molar-refractivity contribution in [3.8, 4) is 0 Å². The number of benzene rings is 1. The van der Waals surface area contributed by atoms with Crippen molar-refractivity contribution in [2.45, 2.75) is 58.9 Å². The Labute approximate surface area is 118 Å². The van der Waals surface area contributed by atoms with Crippen molar-refractivity contribution < 1.29 is 0 Å². The Hall–Kier alpha value is -0.820. The van der Waals surface area contributed by atoms with Crippen LogP contribution in [0.5, 0.6) is 0 Å². The van der Waals surface area contributed by atoms with Crippen molar-refractivity contribution in [1.29, 1.82) is 0 Å². The first-order valence-electron chi connectivity index (χ1n) is 7.81. The lowest BCUT2D eigenvalue weighted by molar-refractivity contribution is 0.159. The molecule has 0 aromatic heterocycles. The van der Waals surface area contributed by atoms with Crippen molar-refractivity contribution in [2.75, 3.05) is 6.54 Å². The monoisotopic (exact) mass is 259 g/mol. The van der Waals surface area contributed by atoms with Gasteiger partial charge in [-0.05, 0) is 76.0 Å². The first kappa shape index (κ1) is 14.6. The van der Waals surface area contributed by atoms with Crippen LogP contribution in [-0.4, -0.2) is 12.1 Å². The molecule has 0 radical (unpaired) electrons. The molecule has 1 N–H and O–H groups in total. The predicted molar refractivity (Wildman–Crippen MR) is 83.5 cm³/mol. The fourth-order valence-corrected chi connectivity index (χ4v) is 2.83. The number of aryl methyl sites for hydroxylation is 1. The van der Waals surface area contributed by atoms with Crippen LogP contribution in [0.2, 0.25) is 0 Å². The minimum absolute atomic E-state index is 0.253. The lowest BCUT2D eigenvalue weighted by atomic mass is 9.70. The van der Waals surface area contributed by atoms with Crippen LogP contribution in [0.25, 0.3) is 0 Å². The van der Waals surface area contributed by atoms with Crippen LogP contribution < -0.4 is 5.32 Å². The fourth-order valence-electron chi connectivity index (χ4n) is 2.83. The number of hydrogen-bond acceptors (Lipinski definition) is 1. The number of rotatable bonds is 5. The summed E-state index contributed by atoms with van der Waals surface area (Å²) in [6, 6.07) is 9.23. The van der Waals surface area contributed by atoms with Crippen LogP contribution in [0, 0.1) is 11.8 Å². The highest BCUT2D eigenvalue weighted by molar-refractivity contribution is 5.23. The molecule has 1 aliphatic rings. The molecule has 0 heterocycles. The summed E-state index contributed by atoms with van der Waals surface area (Å²) in [5, 5.41) is 3.66. The molecule has 1 saturated carbocycles. The molecule has 106 valence electrons. The predicted octanol–water partition coefficient (Wildman–Crippen LogP) is 4.21. The van der Waals surface area contributed by atoms with Gasteiger partial charge in [0.15, 0.2) is 0 Å². The Morgan fingerprint density at radius 3 is 2.05 bits per heavy atom. The molecule has 0 aliphatic heterocycles. The van der Waals surface area contributed by atoms with E-state index in [0.29, 0.717) is 0 Å². The Morgan fingerprint density at radius 2 is 1.58 bits per heavy atom. The van der Waals surface area contributed by atoms with E-state index in [4.69, 9.17) is 0 Å². The summed E-state index contributed by atoms with van der Waals surface area (Å²) in [6.45, 7) is 10.2. The highest BCUT2D eigenvalue weighted by Crippen LogP contribution is 2.36. The molecule has 1 heteroatoms. The van der Waals surface area contributed by atoms with E-state index in [1.54, 1.807) is 0 Å². The molecule has 1 nitrogen and oxygen atoms in total. The molecule has 0 bridgehead atoms. The Balaban J connectivity index is 1.82. The topological polar surface area (TPSA) is 12.0 Å². The largest absolute Gasteiger partial charge is 0.312 e. The second-order valence-corrected chi connectivity index (χ2v) is 7.10. The van der Waals surface area contributed by atoms with Crippen molar-refractivity contribution in [3.63, 3.8) is 0 Å². The molecule has 2 atom stereocenters. The third-order valence-corrected chi connectivity index (χ3v) is 4.40. The van der Waals surface area contributed by atoms with Crippen LogP contribution in [-0.2, 0) is 12.8 Å². The highest BCUT2D eigenvalue weighted by Gasteiger charge is 2.31. The van der Waals surface area contributed by atoms with Gasteiger partial charge < -0.3 is 5.32 Å². The lowest BCUT2D eigenvalue weighted by Crippen LogP contribution is -2.44. The van der Waals surface area contributed by atoms with Gasteiger partial charge in [-0.3, -0.25) is 0 Å². The van der Waals surface area contributed by atoms with E-state index < -0.39 is 0 Å². The van der Waals surface area contributed by atoms with Gasteiger partial charge in [0.1, 0.15) is 0 Å². The van der Waals surface area contributed by atoms with Crippen LogP contribution in [0.4, 0.5) is 0 Å². The van der Waals surface area contributed by atoms with E-state index in [9.17, 15) is 0 Å². The molecule has 1 aromatic carbocycles. The minimum Gasteiger partial charge on any atom is -0.312 e. The average Bonchev–Trinajstić information content (AvgIpc) is 2.34. The van der Waals surface area contributed by atoms with Gasteiger partial charge in [0.25, 0.3) is 0 Å². The van der Waals surface area contributed by atoms with Gasteiger partial charge in [0.2, 0.25) is 0 Å². The SMILES string of the molecule is CCc1ccc(CC2CCC2CNC(C)(C)C)cc1. The van der Waals surface area contributed by atoms with E-state index in [1.807, 2.05) is 0 Å². The van der Waals surface area contributed by atoms with Gasteiger partial charge in [0.05, 0.1) is 0 Å². The van der Waals surface area contributed by atoms with Crippen LogP contribution >= 0.6 is 0 Å². The third-order valence-electron chi connectivity index (χ3n) is 4.40. The second-order valence-electron chi connectivity index (χ2n) is 7.10. The summed E-state index contributed by atoms with van der Waals surface area (Å²) in [5.41, 5.74) is 3.22. The van der Waals surface area contributed by atoms with Crippen LogP contribution in [0.15, 0.2) is 24.3 Å². The van der Waals surface area contributed by atoms with Gasteiger partial charge in [0, 0.05) is 5.54 Å². The van der Waals surface area contributed by atoms with E-state index in [2.05, 4.69) is 57.3 Å². The fraction of sp³-hybridized carbons (Fsp3) is 0.667. The standard InChI is InChI=1S/C18H29N/c1-5-14-6-8-15(9-7-14)12-16-10-11-17(16)13-19-18(2,3)4/h6-9,16-17,19H,5,10-13H2,1-4H3. The maximum absolute atomic E-state index is 3.66. The normalized spacial score (nSPS) is 23.2. The number of hydrogen-bond donors (Lipinski definition) is 1. The van der Waals surface area contributed by atoms with Gasteiger partial charge in [-0.15, -0.1) is 0 Å². The lowest BCUT2D eigenvalue weighted by Gasteiger charge is -2.39. The van der Waals surface area contributed by atoms with Crippen molar-refractivity contribution in [2.24, 2.45) is 11.8 Å². The van der Waals surface area contributed by atoms with Crippen molar-refractivity contribution >= 4 is 0 Å².